The molecule has 0 aliphatic rings. The molecule has 2 aromatic carbocycles. The van der Waals surface area contributed by atoms with Crippen molar-refractivity contribution in [3.05, 3.63) is 59.7 Å². The second kappa shape index (κ2) is 9.67. The average Bonchev–Trinajstić information content (AvgIpc) is 2.67. The lowest BCUT2D eigenvalue weighted by molar-refractivity contribution is -0.150. The van der Waals surface area contributed by atoms with Crippen LogP contribution in [-0.4, -0.2) is 32.9 Å². The zero-order valence-corrected chi connectivity index (χ0v) is 17.7. The van der Waals surface area contributed by atoms with Crippen LogP contribution in [0.15, 0.2) is 53.4 Å². The molecule has 0 saturated heterocycles. The van der Waals surface area contributed by atoms with Crippen LogP contribution >= 0.6 is 0 Å². The summed E-state index contributed by atoms with van der Waals surface area (Å²) >= 11 is 0. The van der Waals surface area contributed by atoms with Gasteiger partial charge in [-0.25, -0.2) is 8.42 Å². The van der Waals surface area contributed by atoms with Crippen molar-refractivity contribution < 1.29 is 22.7 Å². The maximum Gasteiger partial charge on any atom is 0.324 e. The topological polar surface area (TPSA) is 102 Å². The molecule has 1 atom stereocenters. The number of hydrogen-bond donors (Lipinski definition) is 2. The van der Waals surface area contributed by atoms with Gasteiger partial charge in [0, 0.05) is 5.69 Å². The van der Waals surface area contributed by atoms with E-state index in [4.69, 9.17) is 4.74 Å². The highest BCUT2D eigenvalue weighted by molar-refractivity contribution is 7.89. The predicted molar refractivity (Wildman–Crippen MR) is 111 cm³/mol. The van der Waals surface area contributed by atoms with Crippen LogP contribution < -0.4 is 10.0 Å². The largest absolute Gasteiger partial charge is 0.454 e. The van der Waals surface area contributed by atoms with Crippen molar-refractivity contribution in [2.45, 2.75) is 38.6 Å². The molecule has 0 fully saturated rings. The van der Waals surface area contributed by atoms with Gasteiger partial charge in [0.05, 0.1) is 4.90 Å². The van der Waals surface area contributed by atoms with E-state index in [2.05, 4.69) is 10.0 Å². The molecule has 2 rings (SSSR count). The zero-order chi connectivity index (χ0) is 21.6. The molecule has 7 nitrogen and oxygen atoms in total. The van der Waals surface area contributed by atoms with E-state index in [0.717, 1.165) is 11.1 Å². The molecule has 0 saturated carbocycles. The Morgan fingerprint density at radius 2 is 1.69 bits per heavy atom. The monoisotopic (exact) mass is 418 g/mol. The highest BCUT2D eigenvalue weighted by Crippen LogP contribution is 2.16. The number of sulfonamides is 1. The van der Waals surface area contributed by atoms with E-state index < -0.39 is 34.5 Å². The smallest absolute Gasteiger partial charge is 0.324 e. The number of rotatable bonds is 8. The van der Waals surface area contributed by atoms with Gasteiger partial charge in [0.25, 0.3) is 5.91 Å². The molecule has 0 aliphatic carbocycles. The van der Waals surface area contributed by atoms with Crippen molar-refractivity contribution in [1.82, 2.24) is 4.72 Å². The first-order chi connectivity index (χ1) is 13.6. The molecular formula is C21H26N2O5S. The van der Waals surface area contributed by atoms with Gasteiger partial charge in [0.15, 0.2) is 6.61 Å². The standard InChI is InChI=1S/C21H26N2O5S/c1-14(2)20(23-29(26,27)17-8-6-5-7-9-17)21(25)28-13-19(24)22-18-11-10-15(3)12-16(18)4/h5-12,14,20,23H,13H2,1-4H3,(H,22,24)/t20-/m0/s1. The summed E-state index contributed by atoms with van der Waals surface area (Å²) in [7, 11) is -3.90. The summed E-state index contributed by atoms with van der Waals surface area (Å²) in [6.45, 7) is 6.68. The van der Waals surface area contributed by atoms with E-state index in [-0.39, 0.29) is 10.8 Å². The summed E-state index contributed by atoms with van der Waals surface area (Å²) < 4.78 is 32.4. The van der Waals surface area contributed by atoms with Crippen LogP contribution in [0.25, 0.3) is 0 Å². The van der Waals surface area contributed by atoms with Gasteiger partial charge in [-0.2, -0.15) is 4.72 Å². The predicted octanol–water partition coefficient (Wildman–Crippen LogP) is 2.79. The Labute approximate surface area is 171 Å². The number of esters is 1. The first-order valence-electron chi connectivity index (χ1n) is 9.21. The van der Waals surface area contributed by atoms with Crippen LogP contribution in [0.1, 0.15) is 25.0 Å². The maximum atomic E-state index is 12.5. The Hall–Kier alpha value is -2.71. The fourth-order valence-corrected chi connectivity index (χ4v) is 4.01. The van der Waals surface area contributed by atoms with Crippen molar-refractivity contribution in [3.8, 4) is 0 Å². The molecule has 0 heterocycles. The van der Waals surface area contributed by atoms with Crippen molar-refractivity contribution in [3.63, 3.8) is 0 Å². The van der Waals surface area contributed by atoms with E-state index in [9.17, 15) is 18.0 Å². The first-order valence-corrected chi connectivity index (χ1v) is 10.7. The number of ether oxygens (including phenoxy) is 1. The Bertz CT molecular complexity index is 972. The summed E-state index contributed by atoms with van der Waals surface area (Å²) in [5, 5.41) is 2.68. The third kappa shape index (κ3) is 6.40. The molecule has 156 valence electrons. The van der Waals surface area contributed by atoms with Crippen LogP contribution in [0.4, 0.5) is 5.69 Å². The minimum Gasteiger partial charge on any atom is -0.454 e. The quantitative estimate of drug-likeness (QED) is 0.642. The SMILES string of the molecule is Cc1ccc(NC(=O)COC(=O)[C@@H](NS(=O)(=O)c2ccccc2)C(C)C)c(C)c1. The summed E-state index contributed by atoms with van der Waals surface area (Å²) in [4.78, 5) is 24.6. The normalized spacial score (nSPS) is 12.4. The highest BCUT2D eigenvalue weighted by atomic mass is 32.2. The second-order valence-electron chi connectivity index (χ2n) is 7.13. The molecule has 0 bridgehead atoms. The first kappa shape index (κ1) is 22.6. The van der Waals surface area contributed by atoms with Gasteiger partial charge in [-0.1, -0.05) is 49.7 Å². The highest BCUT2D eigenvalue weighted by Gasteiger charge is 2.30. The van der Waals surface area contributed by atoms with Crippen molar-refractivity contribution >= 4 is 27.6 Å². The van der Waals surface area contributed by atoms with Crippen LogP contribution in [0.2, 0.25) is 0 Å². The lowest BCUT2D eigenvalue weighted by Gasteiger charge is -2.20. The number of anilines is 1. The molecule has 8 heteroatoms. The third-order valence-corrected chi connectivity index (χ3v) is 5.71. The molecule has 29 heavy (non-hydrogen) atoms. The Kier molecular flexibility index (Phi) is 7.53. The maximum absolute atomic E-state index is 12.5. The Morgan fingerprint density at radius 1 is 1.03 bits per heavy atom. The van der Waals surface area contributed by atoms with Gasteiger partial charge in [-0.05, 0) is 43.5 Å². The van der Waals surface area contributed by atoms with E-state index >= 15 is 0 Å². The van der Waals surface area contributed by atoms with Gasteiger partial charge in [-0.3, -0.25) is 9.59 Å². The minimum absolute atomic E-state index is 0.0473. The summed E-state index contributed by atoms with van der Waals surface area (Å²) in [6, 6.07) is 12.2. The Morgan fingerprint density at radius 3 is 2.28 bits per heavy atom. The second-order valence-corrected chi connectivity index (χ2v) is 8.84. The lowest BCUT2D eigenvalue weighted by Crippen LogP contribution is -2.45. The van der Waals surface area contributed by atoms with Gasteiger partial charge < -0.3 is 10.1 Å². The van der Waals surface area contributed by atoms with Gasteiger partial charge in [0.2, 0.25) is 10.0 Å². The molecule has 0 unspecified atom stereocenters. The fourth-order valence-electron chi connectivity index (χ4n) is 2.66. The summed E-state index contributed by atoms with van der Waals surface area (Å²) in [5.74, 6) is -1.68. The number of amides is 1. The summed E-state index contributed by atoms with van der Waals surface area (Å²) in [5.41, 5.74) is 2.58. The molecule has 0 spiro atoms. The molecule has 0 radical (unpaired) electrons. The number of aryl methyl sites for hydroxylation is 2. The molecule has 0 aliphatic heterocycles. The van der Waals surface area contributed by atoms with Crippen molar-refractivity contribution in [1.29, 1.82) is 0 Å². The lowest BCUT2D eigenvalue weighted by atomic mass is 10.1. The molecule has 0 aromatic heterocycles. The number of benzene rings is 2. The number of carbonyl (C=O) groups is 2. The van der Waals surface area contributed by atoms with Crippen LogP contribution in [0.3, 0.4) is 0 Å². The van der Waals surface area contributed by atoms with Gasteiger partial charge >= 0.3 is 5.97 Å². The van der Waals surface area contributed by atoms with E-state index in [1.807, 2.05) is 26.0 Å². The summed E-state index contributed by atoms with van der Waals surface area (Å²) in [6.07, 6.45) is 0. The fraction of sp³-hybridized carbons (Fsp3) is 0.333. The van der Waals surface area contributed by atoms with Crippen LogP contribution in [0, 0.1) is 19.8 Å². The van der Waals surface area contributed by atoms with Crippen LogP contribution in [0.5, 0.6) is 0 Å². The van der Waals surface area contributed by atoms with E-state index in [1.54, 1.807) is 38.1 Å². The minimum atomic E-state index is -3.90. The molecule has 2 N–H and O–H groups in total. The zero-order valence-electron chi connectivity index (χ0n) is 16.9. The van der Waals surface area contributed by atoms with Crippen molar-refractivity contribution in [2.75, 3.05) is 11.9 Å². The number of carbonyl (C=O) groups excluding carboxylic acids is 2. The van der Waals surface area contributed by atoms with Gasteiger partial charge in [-0.15, -0.1) is 0 Å². The van der Waals surface area contributed by atoms with E-state index in [0.29, 0.717) is 5.69 Å². The molecular weight excluding hydrogens is 392 g/mol. The van der Waals surface area contributed by atoms with Crippen molar-refractivity contribution in [2.24, 2.45) is 5.92 Å². The molecule has 2 aromatic rings. The molecule has 1 amide bonds. The average molecular weight is 419 g/mol. The van der Waals surface area contributed by atoms with E-state index in [1.165, 1.54) is 12.1 Å². The Balaban J connectivity index is 1.99. The number of hydrogen-bond acceptors (Lipinski definition) is 5. The number of nitrogens with one attached hydrogen (secondary N) is 2. The van der Waals surface area contributed by atoms with Gasteiger partial charge in [0.1, 0.15) is 6.04 Å². The third-order valence-electron chi connectivity index (χ3n) is 4.26. The van der Waals surface area contributed by atoms with Crippen LogP contribution in [-0.2, 0) is 24.3 Å².